The Morgan fingerprint density at radius 1 is 0.517 bits per heavy atom. The fourth-order valence-corrected chi connectivity index (χ4v) is 10.3. The molecule has 0 N–H and O–H groups in total. The SMILES string of the molecule is CCCCCCC(CCCCCC)N1C(=O)c2ccc3c4cccc5ccc6c7c(=O)n(Cc8ccc(-c9ccc(C=O)cc9)cc8)c(=O)c7c7cc(c2c3c7c6c54)C1=O. The average molecular weight is 791 g/mol. The van der Waals surface area contributed by atoms with Gasteiger partial charge in [0.15, 0.2) is 0 Å². The second kappa shape index (κ2) is 15.0. The van der Waals surface area contributed by atoms with E-state index in [9.17, 15) is 19.2 Å². The van der Waals surface area contributed by atoms with Crippen molar-refractivity contribution < 1.29 is 14.4 Å². The Labute approximate surface area is 347 Å². The number of hydrogen-bond acceptors (Lipinski definition) is 5. The third kappa shape index (κ3) is 5.73. The Morgan fingerprint density at radius 2 is 1.10 bits per heavy atom. The number of carbonyl (C=O) groups is 3. The topological polar surface area (TPSA) is 93.5 Å². The number of unbranched alkanes of at least 4 members (excludes halogenated alkanes) is 6. The summed E-state index contributed by atoms with van der Waals surface area (Å²) in [7, 11) is 0. The van der Waals surface area contributed by atoms with E-state index in [-0.39, 0.29) is 30.0 Å². The largest absolute Gasteiger partial charge is 0.298 e. The van der Waals surface area contributed by atoms with Crippen LogP contribution in [0, 0.1) is 0 Å². The van der Waals surface area contributed by atoms with Gasteiger partial charge in [0, 0.05) is 28.1 Å². The van der Waals surface area contributed by atoms with Gasteiger partial charge in [0.25, 0.3) is 22.9 Å². The molecule has 0 radical (unpaired) electrons. The minimum atomic E-state index is -0.394. The lowest BCUT2D eigenvalue weighted by Crippen LogP contribution is -2.47. The highest BCUT2D eigenvalue weighted by molar-refractivity contribution is 6.47. The Bertz CT molecular complexity index is 3240. The first kappa shape index (κ1) is 37.8. The number of carbonyl (C=O) groups excluding carboxylic acids is 3. The van der Waals surface area contributed by atoms with Gasteiger partial charge in [-0.3, -0.25) is 33.4 Å². The van der Waals surface area contributed by atoms with Crippen molar-refractivity contribution in [2.24, 2.45) is 0 Å². The van der Waals surface area contributed by atoms with Crippen LogP contribution in [0.5, 0.6) is 0 Å². The quantitative estimate of drug-likeness (QED) is 0.0339. The molecule has 0 saturated carbocycles. The van der Waals surface area contributed by atoms with E-state index in [1.807, 2.05) is 72.8 Å². The van der Waals surface area contributed by atoms with Gasteiger partial charge in [-0.25, -0.2) is 0 Å². The maximum absolute atomic E-state index is 15.1. The Hall–Kier alpha value is -6.47. The number of benzene rings is 8. The van der Waals surface area contributed by atoms with Gasteiger partial charge in [-0.05, 0) is 90.1 Å². The van der Waals surface area contributed by atoms with Gasteiger partial charge in [-0.15, -0.1) is 0 Å². The summed E-state index contributed by atoms with van der Waals surface area (Å²) in [6, 6.07) is 30.8. The molecule has 298 valence electrons. The molecule has 0 saturated heterocycles. The summed E-state index contributed by atoms with van der Waals surface area (Å²) in [5.41, 5.74) is 3.49. The highest BCUT2D eigenvalue weighted by atomic mass is 16.2. The van der Waals surface area contributed by atoms with Crippen LogP contribution >= 0.6 is 0 Å². The van der Waals surface area contributed by atoms with Crippen LogP contribution in [0.2, 0.25) is 0 Å². The van der Waals surface area contributed by atoms with Gasteiger partial charge >= 0.3 is 0 Å². The van der Waals surface area contributed by atoms with E-state index >= 15 is 4.79 Å². The van der Waals surface area contributed by atoms with Crippen LogP contribution in [-0.4, -0.2) is 33.6 Å². The van der Waals surface area contributed by atoms with E-state index < -0.39 is 5.56 Å². The fraction of sp³-hybridized carbons (Fsp3) is 0.264. The second-order valence-corrected chi connectivity index (χ2v) is 16.9. The third-order valence-electron chi connectivity index (χ3n) is 13.3. The normalized spacial score (nSPS) is 13.3. The van der Waals surface area contributed by atoms with E-state index in [2.05, 4.69) is 26.0 Å². The Morgan fingerprint density at radius 3 is 1.77 bits per heavy atom. The van der Waals surface area contributed by atoms with Gasteiger partial charge in [-0.1, -0.05) is 150 Å². The Balaban J connectivity index is 1.18. The molecular formula is C53H46N2O5. The minimum Gasteiger partial charge on any atom is -0.298 e. The first-order valence-corrected chi connectivity index (χ1v) is 21.7. The molecule has 0 unspecified atom stereocenters. The number of aromatic nitrogens is 1. The van der Waals surface area contributed by atoms with Crippen molar-refractivity contribution in [3.63, 3.8) is 0 Å². The van der Waals surface area contributed by atoms with Crippen LogP contribution in [0.4, 0.5) is 0 Å². The van der Waals surface area contributed by atoms with Crippen molar-refractivity contribution in [3.8, 4) is 11.1 Å². The van der Waals surface area contributed by atoms with E-state index in [1.54, 1.807) is 17.0 Å². The molecule has 8 aromatic carbocycles. The van der Waals surface area contributed by atoms with E-state index in [4.69, 9.17) is 0 Å². The lowest BCUT2D eigenvalue weighted by atomic mass is 9.80. The zero-order valence-electron chi connectivity index (χ0n) is 34.1. The molecule has 2 heterocycles. The molecular weight excluding hydrogens is 745 g/mol. The molecule has 1 aromatic heterocycles. The maximum atomic E-state index is 15.1. The molecule has 0 aliphatic carbocycles. The molecule has 9 aromatic rings. The van der Waals surface area contributed by atoms with E-state index in [0.717, 1.165) is 125 Å². The van der Waals surface area contributed by atoms with Gasteiger partial charge in [-0.2, -0.15) is 0 Å². The summed E-state index contributed by atoms with van der Waals surface area (Å²) in [5.74, 6) is -0.562. The fourth-order valence-electron chi connectivity index (χ4n) is 10.3. The number of nitrogens with zero attached hydrogens (tertiary/aromatic N) is 2. The monoisotopic (exact) mass is 790 g/mol. The molecule has 1 aliphatic heterocycles. The van der Waals surface area contributed by atoms with Crippen LogP contribution in [0.3, 0.4) is 0 Å². The molecule has 10 rings (SSSR count). The average Bonchev–Trinajstić information content (AvgIpc) is 3.52. The molecule has 0 spiro atoms. The summed E-state index contributed by atoms with van der Waals surface area (Å²) >= 11 is 0. The molecule has 2 amide bonds. The van der Waals surface area contributed by atoms with Gasteiger partial charge < -0.3 is 0 Å². The number of aldehydes is 1. The summed E-state index contributed by atoms with van der Waals surface area (Å²) in [6.45, 7) is 4.44. The van der Waals surface area contributed by atoms with E-state index in [1.165, 1.54) is 4.57 Å². The van der Waals surface area contributed by atoms with Crippen molar-refractivity contribution in [2.75, 3.05) is 0 Å². The summed E-state index contributed by atoms with van der Waals surface area (Å²) in [5, 5.41) is 9.03. The van der Waals surface area contributed by atoms with Crippen LogP contribution in [0.1, 0.15) is 115 Å². The summed E-state index contributed by atoms with van der Waals surface area (Å²) in [4.78, 5) is 72.2. The van der Waals surface area contributed by atoms with Crippen molar-refractivity contribution in [2.45, 2.75) is 90.6 Å². The van der Waals surface area contributed by atoms with Crippen LogP contribution in [0.15, 0.2) is 107 Å². The second-order valence-electron chi connectivity index (χ2n) is 16.9. The zero-order valence-corrected chi connectivity index (χ0v) is 34.1. The van der Waals surface area contributed by atoms with Crippen molar-refractivity contribution >= 4 is 82.7 Å². The molecule has 1 aliphatic rings. The first-order valence-electron chi connectivity index (χ1n) is 21.7. The predicted molar refractivity (Wildman–Crippen MR) is 244 cm³/mol. The number of rotatable bonds is 15. The number of hydrogen-bond donors (Lipinski definition) is 0. The summed E-state index contributed by atoms with van der Waals surface area (Å²) in [6.07, 6.45) is 10.8. The van der Waals surface area contributed by atoms with Crippen molar-refractivity contribution in [3.05, 3.63) is 140 Å². The van der Waals surface area contributed by atoms with Crippen LogP contribution < -0.4 is 11.1 Å². The lowest BCUT2D eigenvalue weighted by Gasteiger charge is -2.35. The zero-order chi connectivity index (χ0) is 41.2. The molecule has 0 bridgehead atoms. The van der Waals surface area contributed by atoms with Crippen LogP contribution in [0.25, 0.3) is 75.8 Å². The van der Waals surface area contributed by atoms with Gasteiger partial charge in [0.2, 0.25) is 0 Å². The molecule has 60 heavy (non-hydrogen) atoms. The summed E-state index contributed by atoms with van der Waals surface area (Å²) < 4.78 is 1.33. The number of fused-ring (bicyclic) bond motifs is 4. The van der Waals surface area contributed by atoms with Gasteiger partial charge in [0.1, 0.15) is 6.29 Å². The molecule has 7 heteroatoms. The third-order valence-corrected chi connectivity index (χ3v) is 13.3. The number of amides is 2. The predicted octanol–water partition coefficient (Wildman–Crippen LogP) is 11.9. The minimum absolute atomic E-state index is 0.0767. The molecule has 7 nitrogen and oxygen atoms in total. The van der Waals surface area contributed by atoms with Crippen molar-refractivity contribution in [1.29, 1.82) is 0 Å². The first-order chi connectivity index (χ1) is 29.3. The van der Waals surface area contributed by atoms with Gasteiger partial charge in [0.05, 0.1) is 17.3 Å². The maximum Gasteiger partial charge on any atom is 0.262 e. The standard InChI is InChI=1S/C53H46N2O5/c1-3-5-7-9-13-36(14-10-8-6-4-2)55-50(57)40-27-26-38-37-15-11-12-35-24-25-39-46(43(35)37)47-41(28-42(51(55)58)44(40)45(38)47)49-48(39)52(59)54(53(49)60)29-31-16-20-33(21-17-31)34-22-18-32(30-56)19-23-34/h11-12,15-28,30,36H,3-10,13-14,29H2,1-2H3. The highest BCUT2D eigenvalue weighted by Crippen LogP contribution is 2.50. The highest BCUT2D eigenvalue weighted by Gasteiger charge is 2.39. The Kier molecular flexibility index (Phi) is 9.43. The molecule has 0 fully saturated rings. The lowest BCUT2D eigenvalue weighted by molar-refractivity contribution is 0.0517. The van der Waals surface area contributed by atoms with Crippen molar-refractivity contribution in [1.82, 2.24) is 9.47 Å². The van der Waals surface area contributed by atoms with E-state index in [0.29, 0.717) is 43.6 Å². The number of imide groups is 1. The van der Waals surface area contributed by atoms with Crippen LogP contribution in [-0.2, 0) is 6.54 Å². The molecule has 0 atom stereocenters. The smallest absolute Gasteiger partial charge is 0.262 e.